The number of likely N-dealkylation sites (tertiary alicyclic amines) is 2. The van der Waals surface area contributed by atoms with E-state index in [-0.39, 0.29) is 0 Å². The number of aromatic nitrogens is 2. The molecular formula is C17H26N4O2. The van der Waals surface area contributed by atoms with E-state index in [9.17, 15) is 4.79 Å². The Labute approximate surface area is 137 Å². The van der Waals surface area contributed by atoms with Crippen LogP contribution in [0.25, 0.3) is 0 Å². The molecule has 0 aromatic carbocycles. The van der Waals surface area contributed by atoms with Gasteiger partial charge in [-0.1, -0.05) is 6.92 Å². The predicted octanol–water partition coefficient (Wildman–Crippen LogP) is 2.31. The molecule has 0 spiro atoms. The molecule has 4 rings (SSSR count). The van der Waals surface area contributed by atoms with Crippen molar-refractivity contribution in [3.63, 3.8) is 0 Å². The highest BCUT2D eigenvalue weighted by atomic mass is 16.4. The summed E-state index contributed by atoms with van der Waals surface area (Å²) in [5.74, 6) is 2.37. The van der Waals surface area contributed by atoms with Gasteiger partial charge in [0.2, 0.25) is 17.7 Å². The summed E-state index contributed by atoms with van der Waals surface area (Å²) in [5, 5.41) is 8.42. The first-order chi connectivity index (χ1) is 11.3. The summed E-state index contributed by atoms with van der Waals surface area (Å²) in [6.45, 7) is 4.68. The van der Waals surface area contributed by atoms with Gasteiger partial charge in [0.05, 0.1) is 6.54 Å². The molecule has 23 heavy (non-hydrogen) atoms. The molecule has 6 nitrogen and oxygen atoms in total. The lowest BCUT2D eigenvalue weighted by atomic mass is 10.0. The van der Waals surface area contributed by atoms with Gasteiger partial charge >= 0.3 is 0 Å². The summed E-state index contributed by atoms with van der Waals surface area (Å²) >= 11 is 0. The fraction of sp³-hybridized carbons (Fsp3) is 0.824. The molecule has 0 radical (unpaired) electrons. The van der Waals surface area contributed by atoms with Gasteiger partial charge in [-0.3, -0.25) is 9.69 Å². The third-order valence-electron chi connectivity index (χ3n) is 5.53. The normalized spacial score (nSPS) is 28.7. The van der Waals surface area contributed by atoms with Crippen LogP contribution in [0.2, 0.25) is 0 Å². The Hall–Kier alpha value is -1.43. The van der Waals surface area contributed by atoms with Crippen LogP contribution in [-0.2, 0) is 11.3 Å². The summed E-state index contributed by atoms with van der Waals surface area (Å²) in [6.07, 6.45) is 7.60. The SMILES string of the molecule is CCC(=O)N1CCC[C@@H]1[C@@H]1CCCN1Cc1nnc(C2CC2)o1. The van der Waals surface area contributed by atoms with Crippen LogP contribution < -0.4 is 0 Å². The van der Waals surface area contributed by atoms with Crippen LogP contribution >= 0.6 is 0 Å². The highest BCUT2D eigenvalue weighted by Crippen LogP contribution is 2.39. The Morgan fingerprint density at radius 3 is 2.70 bits per heavy atom. The van der Waals surface area contributed by atoms with Gasteiger partial charge in [0.15, 0.2) is 0 Å². The molecule has 0 N–H and O–H groups in total. The standard InChI is InChI=1S/C17H26N4O2/c1-2-16(22)21-10-4-6-14(21)13-5-3-9-20(13)11-15-18-19-17(23-15)12-7-8-12/h12-14H,2-11H2,1H3/t13-,14+/m0/s1. The minimum Gasteiger partial charge on any atom is -0.424 e. The molecule has 126 valence electrons. The van der Waals surface area contributed by atoms with Crippen LogP contribution in [0.5, 0.6) is 0 Å². The first-order valence-electron chi connectivity index (χ1n) is 9.12. The lowest BCUT2D eigenvalue weighted by Crippen LogP contribution is -2.47. The Bertz CT molecular complexity index is 569. The first-order valence-corrected chi connectivity index (χ1v) is 9.12. The van der Waals surface area contributed by atoms with Crippen LogP contribution in [0, 0.1) is 0 Å². The second-order valence-electron chi connectivity index (χ2n) is 7.14. The van der Waals surface area contributed by atoms with E-state index in [0.717, 1.165) is 44.3 Å². The molecular weight excluding hydrogens is 292 g/mol. The van der Waals surface area contributed by atoms with Crippen LogP contribution in [0.3, 0.4) is 0 Å². The van der Waals surface area contributed by atoms with Crippen LogP contribution in [0.1, 0.15) is 69.6 Å². The molecule has 1 aliphatic carbocycles. The Kier molecular flexibility index (Phi) is 4.09. The van der Waals surface area contributed by atoms with Gasteiger partial charge in [-0.15, -0.1) is 10.2 Å². The van der Waals surface area contributed by atoms with Crippen molar-refractivity contribution in [2.45, 2.75) is 76.4 Å². The van der Waals surface area contributed by atoms with Crippen molar-refractivity contribution in [2.75, 3.05) is 13.1 Å². The number of nitrogens with zero attached hydrogens (tertiary/aromatic N) is 4. The summed E-state index contributed by atoms with van der Waals surface area (Å²) in [5.41, 5.74) is 0. The van der Waals surface area contributed by atoms with Crippen molar-refractivity contribution in [3.8, 4) is 0 Å². The molecule has 2 atom stereocenters. The van der Waals surface area contributed by atoms with Gasteiger partial charge < -0.3 is 9.32 Å². The van der Waals surface area contributed by atoms with E-state index in [1.807, 2.05) is 6.92 Å². The van der Waals surface area contributed by atoms with E-state index in [1.54, 1.807) is 0 Å². The number of hydrogen-bond donors (Lipinski definition) is 0. The van der Waals surface area contributed by atoms with Gasteiger partial charge in [0, 0.05) is 31.0 Å². The molecule has 6 heteroatoms. The Morgan fingerprint density at radius 2 is 1.91 bits per heavy atom. The van der Waals surface area contributed by atoms with Crippen molar-refractivity contribution < 1.29 is 9.21 Å². The average Bonchev–Trinajstić information content (AvgIpc) is 2.97. The number of hydrogen-bond acceptors (Lipinski definition) is 5. The lowest BCUT2D eigenvalue weighted by Gasteiger charge is -2.34. The van der Waals surface area contributed by atoms with E-state index in [0.29, 0.717) is 30.3 Å². The van der Waals surface area contributed by atoms with Gasteiger partial charge in [0.1, 0.15) is 0 Å². The van der Waals surface area contributed by atoms with Gasteiger partial charge in [-0.05, 0) is 45.1 Å². The molecule has 0 bridgehead atoms. The van der Waals surface area contributed by atoms with Crippen molar-refractivity contribution in [1.82, 2.24) is 20.0 Å². The van der Waals surface area contributed by atoms with Crippen LogP contribution in [-0.4, -0.2) is 51.1 Å². The van der Waals surface area contributed by atoms with Crippen LogP contribution in [0.15, 0.2) is 4.42 Å². The lowest BCUT2D eigenvalue weighted by molar-refractivity contribution is -0.132. The molecule has 1 aromatic rings. The maximum Gasteiger partial charge on any atom is 0.230 e. The number of amides is 1. The molecule has 2 aliphatic heterocycles. The van der Waals surface area contributed by atoms with E-state index < -0.39 is 0 Å². The summed E-state index contributed by atoms with van der Waals surface area (Å²) in [7, 11) is 0. The summed E-state index contributed by atoms with van der Waals surface area (Å²) < 4.78 is 5.83. The maximum absolute atomic E-state index is 12.2. The topological polar surface area (TPSA) is 62.5 Å². The van der Waals surface area contributed by atoms with Crippen molar-refractivity contribution in [2.24, 2.45) is 0 Å². The number of carbonyl (C=O) groups excluding carboxylic acids is 1. The average molecular weight is 318 g/mol. The third kappa shape index (κ3) is 3.01. The quantitative estimate of drug-likeness (QED) is 0.833. The Morgan fingerprint density at radius 1 is 1.13 bits per heavy atom. The van der Waals surface area contributed by atoms with E-state index in [1.165, 1.54) is 25.7 Å². The van der Waals surface area contributed by atoms with Crippen molar-refractivity contribution in [3.05, 3.63) is 11.8 Å². The monoisotopic (exact) mass is 318 g/mol. The molecule has 1 aromatic heterocycles. The van der Waals surface area contributed by atoms with Crippen LogP contribution in [0.4, 0.5) is 0 Å². The summed E-state index contributed by atoms with van der Waals surface area (Å²) in [6, 6.07) is 0.819. The smallest absolute Gasteiger partial charge is 0.230 e. The molecule has 3 heterocycles. The second-order valence-corrected chi connectivity index (χ2v) is 7.14. The molecule has 1 saturated carbocycles. The predicted molar refractivity (Wildman–Crippen MR) is 84.7 cm³/mol. The fourth-order valence-electron chi connectivity index (χ4n) is 4.19. The molecule has 0 unspecified atom stereocenters. The zero-order valence-electron chi connectivity index (χ0n) is 13.9. The van der Waals surface area contributed by atoms with E-state index >= 15 is 0 Å². The first kappa shape index (κ1) is 15.1. The molecule has 3 fully saturated rings. The van der Waals surface area contributed by atoms with Gasteiger partial charge in [-0.25, -0.2) is 0 Å². The molecule has 1 amide bonds. The molecule has 2 saturated heterocycles. The Balaban J connectivity index is 1.44. The number of rotatable bonds is 5. The summed E-state index contributed by atoms with van der Waals surface area (Å²) in [4.78, 5) is 16.8. The van der Waals surface area contributed by atoms with Gasteiger partial charge in [0.25, 0.3) is 0 Å². The fourth-order valence-corrected chi connectivity index (χ4v) is 4.19. The largest absolute Gasteiger partial charge is 0.424 e. The van der Waals surface area contributed by atoms with E-state index in [2.05, 4.69) is 20.0 Å². The zero-order chi connectivity index (χ0) is 15.8. The highest BCUT2D eigenvalue weighted by molar-refractivity contribution is 5.76. The van der Waals surface area contributed by atoms with E-state index in [4.69, 9.17) is 4.42 Å². The van der Waals surface area contributed by atoms with Crippen molar-refractivity contribution in [1.29, 1.82) is 0 Å². The third-order valence-corrected chi connectivity index (χ3v) is 5.53. The highest BCUT2D eigenvalue weighted by Gasteiger charge is 2.39. The second kappa shape index (κ2) is 6.23. The van der Waals surface area contributed by atoms with Crippen molar-refractivity contribution >= 4 is 5.91 Å². The minimum atomic E-state index is 0.299. The number of carbonyl (C=O) groups is 1. The zero-order valence-corrected chi connectivity index (χ0v) is 13.9. The maximum atomic E-state index is 12.2. The minimum absolute atomic E-state index is 0.299. The van der Waals surface area contributed by atoms with Gasteiger partial charge in [-0.2, -0.15) is 0 Å². The molecule has 3 aliphatic rings.